The van der Waals surface area contributed by atoms with Crippen molar-refractivity contribution in [1.29, 1.82) is 0 Å². The van der Waals surface area contributed by atoms with Gasteiger partial charge in [-0.05, 0) is 66.4 Å². The standard InChI is InChI=1S/C27H24ClN3O/c1-18-13-14-19(2)23(16-18)29-27(32)31-17-20-8-3-6-11-24(20)30-15-7-12-25(30)26(31)21-9-4-5-10-22(21)28/h3-16,26H,17H2,1-2H3,(H,29,32). The van der Waals surface area contributed by atoms with Gasteiger partial charge in [0.1, 0.15) is 6.04 Å². The van der Waals surface area contributed by atoms with Crippen LogP contribution in [0.4, 0.5) is 10.5 Å². The molecule has 0 spiro atoms. The molecule has 1 unspecified atom stereocenters. The molecule has 1 aromatic heterocycles. The van der Waals surface area contributed by atoms with Crippen LogP contribution in [-0.4, -0.2) is 15.5 Å². The van der Waals surface area contributed by atoms with Gasteiger partial charge < -0.3 is 14.8 Å². The number of hydrogen-bond acceptors (Lipinski definition) is 1. The zero-order valence-corrected chi connectivity index (χ0v) is 18.8. The number of nitrogens with one attached hydrogen (secondary N) is 1. The minimum atomic E-state index is -0.337. The number of hydrogen-bond donors (Lipinski definition) is 1. The van der Waals surface area contributed by atoms with Gasteiger partial charge in [-0.1, -0.05) is 60.1 Å². The maximum atomic E-state index is 13.8. The Morgan fingerprint density at radius 1 is 0.969 bits per heavy atom. The molecular weight excluding hydrogens is 418 g/mol. The lowest BCUT2D eigenvalue weighted by Gasteiger charge is -2.31. The first-order valence-corrected chi connectivity index (χ1v) is 11.1. The Labute approximate surface area is 193 Å². The third-order valence-corrected chi connectivity index (χ3v) is 6.40. The van der Waals surface area contributed by atoms with Gasteiger partial charge in [-0.2, -0.15) is 0 Å². The Morgan fingerprint density at radius 3 is 2.59 bits per heavy atom. The summed E-state index contributed by atoms with van der Waals surface area (Å²) in [6.07, 6.45) is 2.05. The molecule has 1 atom stereocenters. The van der Waals surface area contributed by atoms with Crippen molar-refractivity contribution in [2.24, 2.45) is 0 Å². The summed E-state index contributed by atoms with van der Waals surface area (Å²) in [4.78, 5) is 15.7. The molecule has 5 heteroatoms. The first kappa shape index (κ1) is 20.4. The molecule has 4 nitrogen and oxygen atoms in total. The highest BCUT2D eigenvalue weighted by molar-refractivity contribution is 6.31. The molecule has 0 saturated heterocycles. The molecule has 1 aliphatic rings. The van der Waals surface area contributed by atoms with Crippen LogP contribution in [0, 0.1) is 13.8 Å². The highest BCUT2D eigenvalue weighted by Crippen LogP contribution is 2.39. The first-order valence-electron chi connectivity index (χ1n) is 10.7. The van der Waals surface area contributed by atoms with Crippen molar-refractivity contribution in [2.75, 3.05) is 5.32 Å². The van der Waals surface area contributed by atoms with Crippen LogP contribution in [0.2, 0.25) is 5.02 Å². The van der Waals surface area contributed by atoms with Gasteiger partial charge in [0.15, 0.2) is 0 Å². The number of rotatable bonds is 2. The Kier molecular flexibility index (Phi) is 5.24. The molecule has 1 N–H and O–H groups in total. The van der Waals surface area contributed by atoms with Crippen LogP contribution < -0.4 is 5.32 Å². The molecule has 160 valence electrons. The fourth-order valence-corrected chi connectivity index (χ4v) is 4.66. The summed E-state index contributed by atoms with van der Waals surface area (Å²) in [6, 6.07) is 25.6. The molecule has 3 aromatic carbocycles. The lowest BCUT2D eigenvalue weighted by Crippen LogP contribution is -2.38. The average Bonchev–Trinajstić information content (AvgIpc) is 3.21. The van der Waals surface area contributed by atoms with Crippen molar-refractivity contribution in [1.82, 2.24) is 9.47 Å². The Hall–Kier alpha value is -3.50. The van der Waals surface area contributed by atoms with Crippen LogP contribution in [-0.2, 0) is 6.54 Å². The molecule has 0 bridgehead atoms. The lowest BCUT2D eigenvalue weighted by atomic mass is 10.0. The second-order valence-electron chi connectivity index (χ2n) is 8.23. The zero-order valence-electron chi connectivity index (χ0n) is 18.0. The molecule has 0 aliphatic carbocycles. The third kappa shape index (κ3) is 3.57. The van der Waals surface area contributed by atoms with Gasteiger partial charge in [0, 0.05) is 16.9 Å². The minimum Gasteiger partial charge on any atom is -0.318 e. The van der Waals surface area contributed by atoms with Crippen molar-refractivity contribution < 1.29 is 4.79 Å². The van der Waals surface area contributed by atoms with Crippen molar-refractivity contribution >= 4 is 23.3 Å². The maximum Gasteiger partial charge on any atom is 0.322 e. The summed E-state index contributed by atoms with van der Waals surface area (Å²) in [7, 11) is 0. The minimum absolute atomic E-state index is 0.159. The molecule has 4 aromatic rings. The van der Waals surface area contributed by atoms with E-state index in [9.17, 15) is 4.79 Å². The monoisotopic (exact) mass is 441 g/mol. The van der Waals surface area contributed by atoms with Gasteiger partial charge in [-0.15, -0.1) is 0 Å². The molecule has 0 fully saturated rings. The number of carbonyl (C=O) groups excluding carboxylic acids is 1. The van der Waals surface area contributed by atoms with E-state index in [1.165, 1.54) is 0 Å². The van der Waals surface area contributed by atoms with E-state index in [-0.39, 0.29) is 12.1 Å². The maximum absolute atomic E-state index is 13.8. The Bertz CT molecular complexity index is 1310. The third-order valence-electron chi connectivity index (χ3n) is 6.06. The molecule has 0 saturated carbocycles. The number of benzene rings is 3. The quantitative estimate of drug-likeness (QED) is 0.361. The number of carbonyl (C=O) groups is 1. The van der Waals surface area contributed by atoms with Crippen molar-refractivity contribution in [3.05, 3.63) is 118 Å². The second kappa shape index (κ2) is 8.21. The van der Waals surface area contributed by atoms with Crippen molar-refractivity contribution in [3.63, 3.8) is 0 Å². The summed E-state index contributed by atoms with van der Waals surface area (Å²) in [6.45, 7) is 4.49. The van der Waals surface area contributed by atoms with E-state index in [1.807, 2.05) is 85.6 Å². The van der Waals surface area contributed by atoms with Crippen LogP contribution >= 0.6 is 11.6 Å². The predicted molar refractivity (Wildman–Crippen MR) is 130 cm³/mol. The summed E-state index contributed by atoms with van der Waals surface area (Å²) >= 11 is 6.66. The van der Waals surface area contributed by atoms with Crippen LogP contribution in [0.3, 0.4) is 0 Å². The van der Waals surface area contributed by atoms with Gasteiger partial charge in [-0.3, -0.25) is 0 Å². The Balaban J connectivity index is 1.66. The van der Waals surface area contributed by atoms with E-state index in [4.69, 9.17) is 11.6 Å². The van der Waals surface area contributed by atoms with E-state index in [0.29, 0.717) is 11.6 Å². The van der Waals surface area contributed by atoms with E-state index >= 15 is 0 Å². The van der Waals surface area contributed by atoms with Gasteiger partial charge in [0.25, 0.3) is 0 Å². The van der Waals surface area contributed by atoms with Crippen LogP contribution in [0.15, 0.2) is 85.1 Å². The fourth-order valence-electron chi connectivity index (χ4n) is 4.42. The molecule has 1 aliphatic heterocycles. The normalized spacial score (nSPS) is 15.0. The molecule has 0 radical (unpaired) electrons. The number of fused-ring (bicyclic) bond motifs is 3. The largest absolute Gasteiger partial charge is 0.322 e. The highest BCUT2D eigenvalue weighted by atomic mass is 35.5. The SMILES string of the molecule is Cc1ccc(C)c(NC(=O)N2Cc3ccccc3-n3cccc3C2c2ccccc2Cl)c1. The molecule has 32 heavy (non-hydrogen) atoms. The average molecular weight is 442 g/mol. The number of aryl methyl sites for hydroxylation is 2. The number of urea groups is 1. The number of anilines is 1. The van der Waals surface area contributed by atoms with Crippen LogP contribution in [0.1, 0.15) is 34.0 Å². The molecule has 5 rings (SSSR count). The van der Waals surface area contributed by atoms with Crippen LogP contribution in [0.5, 0.6) is 0 Å². The van der Waals surface area contributed by atoms with Gasteiger partial charge >= 0.3 is 6.03 Å². The summed E-state index contributed by atoms with van der Waals surface area (Å²) < 4.78 is 2.16. The number of para-hydroxylation sites is 1. The van der Waals surface area contributed by atoms with Gasteiger partial charge in [-0.25, -0.2) is 4.79 Å². The number of nitrogens with zero attached hydrogens (tertiary/aromatic N) is 2. The molecule has 2 heterocycles. The topological polar surface area (TPSA) is 37.3 Å². The lowest BCUT2D eigenvalue weighted by molar-refractivity contribution is 0.194. The zero-order chi connectivity index (χ0) is 22.2. The van der Waals surface area contributed by atoms with Gasteiger partial charge in [0.2, 0.25) is 0 Å². The van der Waals surface area contributed by atoms with E-state index in [0.717, 1.165) is 39.3 Å². The summed E-state index contributed by atoms with van der Waals surface area (Å²) in [5.74, 6) is 0. The fraction of sp³-hybridized carbons (Fsp3) is 0.148. The molecular formula is C27H24ClN3O. The van der Waals surface area contributed by atoms with Crippen molar-refractivity contribution in [3.8, 4) is 5.69 Å². The predicted octanol–water partition coefficient (Wildman–Crippen LogP) is 6.88. The van der Waals surface area contributed by atoms with E-state index in [2.05, 4.69) is 28.1 Å². The van der Waals surface area contributed by atoms with E-state index < -0.39 is 0 Å². The van der Waals surface area contributed by atoms with Crippen LogP contribution in [0.25, 0.3) is 5.69 Å². The number of aromatic nitrogens is 1. The Morgan fingerprint density at radius 2 is 1.75 bits per heavy atom. The summed E-state index contributed by atoms with van der Waals surface area (Å²) in [5, 5.41) is 3.80. The summed E-state index contributed by atoms with van der Waals surface area (Å²) in [5.41, 5.74) is 7.00. The number of amides is 2. The van der Waals surface area contributed by atoms with E-state index in [1.54, 1.807) is 0 Å². The molecule has 2 amide bonds. The first-order chi connectivity index (χ1) is 15.5. The smallest absolute Gasteiger partial charge is 0.318 e. The number of halogens is 1. The second-order valence-corrected chi connectivity index (χ2v) is 8.64. The van der Waals surface area contributed by atoms with Crippen molar-refractivity contribution in [2.45, 2.75) is 26.4 Å². The highest BCUT2D eigenvalue weighted by Gasteiger charge is 2.34. The van der Waals surface area contributed by atoms with Gasteiger partial charge in [0.05, 0.1) is 17.9 Å².